The molecule has 0 saturated carbocycles. The highest BCUT2D eigenvalue weighted by molar-refractivity contribution is 14.1. The van der Waals surface area contributed by atoms with Gasteiger partial charge in [-0.05, 0) is 53.6 Å². The number of rotatable bonds is 2. The number of benzene rings is 1. The third kappa shape index (κ3) is 2.44. The summed E-state index contributed by atoms with van der Waals surface area (Å²) in [6.07, 6.45) is 2.39. The minimum atomic E-state index is 0.575. The molecule has 5 heteroatoms. The summed E-state index contributed by atoms with van der Waals surface area (Å²) in [6.45, 7) is 2.67. The summed E-state index contributed by atoms with van der Waals surface area (Å²) in [7, 11) is 0. The van der Waals surface area contributed by atoms with Gasteiger partial charge in [-0.2, -0.15) is 0 Å². The summed E-state index contributed by atoms with van der Waals surface area (Å²) in [6, 6.07) is 6.23. The molecule has 4 nitrogen and oxygen atoms in total. The van der Waals surface area contributed by atoms with Gasteiger partial charge in [-0.25, -0.2) is 4.68 Å². The molecule has 1 aromatic carbocycles. The number of nitrogens with zero attached hydrogens (tertiary/aromatic N) is 3. The van der Waals surface area contributed by atoms with Crippen LogP contribution in [0.4, 0.5) is 0 Å². The van der Waals surface area contributed by atoms with E-state index in [0.717, 1.165) is 37.2 Å². The van der Waals surface area contributed by atoms with Gasteiger partial charge in [-0.15, -0.1) is 5.10 Å². The largest absolute Gasteiger partial charge is 0.381 e. The van der Waals surface area contributed by atoms with Gasteiger partial charge in [0, 0.05) is 22.6 Å². The quantitative estimate of drug-likeness (QED) is 0.787. The molecule has 90 valence electrons. The first-order valence-corrected chi connectivity index (χ1v) is 6.97. The van der Waals surface area contributed by atoms with E-state index in [1.807, 2.05) is 10.7 Å². The first-order valence-electron chi connectivity index (χ1n) is 5.89. The van der Waals surface area contributed by atoms with E-state index in [9.17, 15) is 0 Å². The molecule has 1 fully saturated rings. The van der Waals surface area contributed by atoms with Crippen LogP contribution in [0.2, 0.25) is 0 Å². The van der Waals surface area contributed by atoms with Gasteiger partial charge >= 0.3 is 0 Å². The molecule has 17 heavy (non-hydrogen) atoms. The van der Waals surface area contributed by atoms with Crippen molar-refractivity contribution in [1.29, 1.82) is 0 Å². The van der Waals surface area contributed by atoms with Gasteiger partial charge in [0.15, 0.2) is 0 Å². The van der Waals surface area contributed by atoms with Gasteiger partial charge in [-0.1, -0.05) is 5.21 Å². The van der Waals surface area contributed by atoms with Gasteiger partial charge in [0.1, 0.15) is 5.52 Å². The Bertz CT molecular complexity index is 519. The maximum atomic E-state index is 5.50. The van der Waals surface area contributed by atoms with Crippen LogP contribution < -0.4 is 0 Å². The monoisotopic (exact) mass is 343 g/mol. The van der Waals surface area contributed by atoms with Crippen LogP contribution in [0.5, 0.6) is 0 Å². The van der Waals surface area contributed by atoms with Crippen LogP contribution in [-0.4, -0.2) is 28.2 Å². The third-order valence-electron chi connectivity index (χ3n) is 3.16. The Morgan fingerprint density at radius 1 is 1.47 bits per heavy atom. The highest BCUT2D eigenvalue weighted by Gasteiger charge is 2.16. The van der Waals surface area contributed by atoms with Crippen molar-refractivity contribution in [3.63, 3.8) is 0 Å². The summed E-state index contributed by atoms with van der Waals surface area (Å²) in [4.78, 5) is 0. The van der Waals surface area contributed by atoms with E-state index < -0.39 is 0 Å². The molecule has 1 aromatic heterocycles. The normalized spacial score (nSPS) is 20.9. The van der Waals surface area contributed by atoms with E-state index in [1.54, 1.807) is 0 Å². The number of fused-ring (bicyclic) bond motifs is 1. The molecule has 0 spiro atoms. The van der Waals surface area contributed by atoms with E-state index in [2.05, 4.69) is 45.0 Å². The third-order valence-corrected chi connectivity index (χ3v) is 3.83. The van der Waals surface area contributed by atoms with Crippen molar-refractivity contribution >= 4 is 33.6 Å². The summed E-state index contributed by atoms with van der Waals surface area (Å²) in [5, 5.41) is 8.43. The lowest BCUT2D eigenvalue weighted by molar-refractivity contribution is 0.0473. The van der Waals surface area contributed by atoms with Crippen LogP contribution in [0.1, 0.15) is 12.8 Å². The average molecular weight is 343 g/mol. The van der Waals surface area contributed by atoms with Crippen LogP contribution in [0, 0.1) is 9.49 Å². The first kappa shape index (κ1) is 11.4. The maximum absolute atomic E-state index is 5.50. The van der Waals surface area contributed by atoms with Gasteiger partial charge in [0.05, 0.1) is 12.1 Å². The molecule has 1 atom stereocenters. The second-order valence-corrected chi connectivity index (χ2v) is 5.73. The molecular weight excluding hydrogens is 329 g/mol. The van der Waals surface area contributed by atoms with E-state index in [4.69, 9.17) is 4.74 Å². The molecule has 0 radical (unpaired) electrons. The molecule has 1 unspecified atom stereocenters. The Labute approximate surface area is 113 Å². The Hall–Kier alpha value is -0.690. The smallest absolute Gasteiger partial charge is 0.113 e. The molecule has 2 aromatic rings. The fourth-order valence-electron chi connectivity index (χ4n) is 2.27. The van der Waals surface area contributed by atoms with E-state index in [0.29, 0.717) is 5.92 Å². The molecule has 1 aliphatic rings. The molecule has 0 N–H and O–H groups in total. The summed E-state index contributed by atoms with van der Waals surface area (Å²) in [5.74, 6) is 0.575. The molecule has 2 heterocycles. The SMILES string of the molecule is Ic1ccc2nnn(CC3CCCOC3)c2c1. The molecule has 3 rings (SSSR count). The lowest BCUT2D eigenvalue weighted by atomic mass is 10.0. The molecule has 0 amide bonds. The van der Waals surface area contributed by atoms with Gasteiger partial charge in [-0.3, -0.25) is 0 Å². The van der Waals surface area contributed by atoms with Crippen molar-refractivity contribution in [2.45, 2.75) is 19.4 Å². The highest BCUT2D eigenvalue weighted by Crippen LogP contribution is 2.19. The van der Waals surface area contributed by atoms with Crippen molar-refractivity contribution in [3.05, 3.63) is 21.8 Å². The number of hydrogen-bond acceptors (Lipinski definition) is 3. The van der Waals surface area contributed by atoms with Gasteiger partial charge in [0.25, 0.3) is 0 Å². The molecule has 1 saturated heterocycles. The Kier molecular flexibility index (Phi) is 3.28. The Morgan fingerprint density at radius 3 is 3.24 bits per heavy atom. The van der Waals surface area contributed by atoms with E-state index in [1.165, 1.54) is 9.99 Å². The van der Waals surface area contributed by atoms with Crippen LogP contribution >= 0.6 is 22.6 Å². The Morgan fingerprint density at radius 2 is 2.41 bits per heavy atom. The lowest BCUT2D eigenvalue weighted by Crippen LogP contribution is -2.22. The van der Waals surface area contributed by atoms with Crippen molar-refractivity contribution < 1.29 is 4.74 Å². The van der Waals surface area contributed by atoms with Crippen molar-refractivity contribution in [3.8, 4) is 0 Å². The summed E-state index contributed by atoms with van der Waals surface area (Å²) >= 11 is 2.32. The lowest BCUT2D eigenvalue weighted by Gasteiger charge is -2.21. The zero-order valence-electron chi connectivity index (χ0n) is 9.47. The summed E-state index contributed by atoms with van der Waals surface area (Å²) in [5.41, 5.74) is 2.10. The van der Waals surface area contributed by atoms with Crippen molar-refractivity contribution in [2.75, 3.05) is 13.2 Å². The number of halogens is 1. The zero-order chi connectivity index (χ0) is 11.7. The standard InChI is InChI=1S/C12H14IN3O/c13-10-3-4-11-12(6-10)16(15-14-11)7-9-2-1-5-17-8-9/h3-4,6,9H,1-2,5,7-8H2. The number of aromatic nitrogens is 3. The zero-order valence-corrected chi connectivity index (χ0v) is 11.6. The minimum absolute atomic E-state index is 0.575. The molecule has 1 aliphatic heterocycles. The van der Waals surface area contributed by atoms with Crippen molar-refractivity contribution in [2.24, 2.45) is 5.92 Å². The number of hydrogen-bond donors (Lipinski definition) is 0. The average Bonchev–Trinajstić information content (AvgIpc) is 2.73. The summed E-state index contributed by atoms with van der Waals surface area (Å²) < 4.78 is 8.74. The van der Waals surface area contributed by atoms with Crippen LogP contribution in [0.15, 0.2) is 18.2 Å². The fraction of sp³-hybridized carbons (Fsp3) is 0.500. The van der Waals surface area contributed by atoms with Crippen LogP contribution in [0.25, 0.3) is 11.0 Å². The van der Waals surface area contributed by atoms with Crippen LogP contribution in [0.3, 0.4) is 0 Å². The van der Waals surface area contributed by atoms with Crippen LogP contribution in [-0.2, 0) is 11.3 Å². The van der Waals surface area contributed by atoms with Crippen molar-refractivity contribution in [1.82, 2.24) is 15.0 Å². The maximum Gasteiger partial charge on any atom is 0.113 e. The number of ether oxygens (including phenoxy) is 1. The molecule has 0 bridgehead atoms. The van der Waals surface area contributed by atoms with Gasteiger partial charge in [0.2, 0.25) is 0 Å². The highest BCUT2D eigenvalue weighted by atomic mass is 127. The van der Waals surface area contributed by atoms with E-state index >= 15 is 0 Å². The second-order valence-electron chi connectivity index (χ2n) is 4.49. The van der Waals surface area contributed by atoms with Gasteiger partial charge < -0.3 is 4.74 Å². The first-order chi connectivity index (χ1) is 8.33. The molecular formula is C12H14IN3O. The molecule has 0 aliphatic carbocycles. The predicted octanol–water partition coefficient (Wildman–Crippen LogP) is 2.46. The fourth-order valence-corrected chi connectivity index (χ4v) is 2.74. The Balaban J connectivity index is 1.86. The second kappa shape index (κ2) is 4.89. The van der Waals surface area contributed by atoms with E-state index in [-0.39, 0.29) is 0 Å². The predicted molar refractivity (Wildman–Crippen MR) is 73.8 cm³/mol. The topological polar surface area (TPSA) is 39.9 Å². The minimum Gasteiger partial charge on any atom is -0.381 e.